The molecule has 0 heterocycles. The summed E-state index contributed by atoms with van der Waals surface area (Å²) in [6.45, 7) is 1.59. The Morgan fingerprint density at radius 1 is 1.50 bits per heavy atom. The first kappa shape index (κ1) is 9.29. The molecule has 0 bridgehead atoms. The van der Waals surface area contributed by atoms with Crippen molar-refractivity contribution in [3.63, 3.8) is 0 Å². The molecule has 12 heavy (non-hydrogen) atoms. The molecule has 0 saturated carbocycles. The Morgan fingerprint density at radius 3 is 2.67 bits per heavy atom. The van der Waals surface area contributed by atoms with Crippen LogP contribution in [0.25, 0.3) is 0 Å². The highest BCUT2D eigenvalue weighted by molar-refractivity contribution is 6.32. The zero-order chi connectivity index (χ0) is 9.14. The van der Waals surface area contributed by atoms with Gasteiger partial charge in [0, 0.05) is 0 Å². The Labute approximate surface area is 73.3 Å². The van der Waals surface area contributed by atoms with Crippen molar-refractivity contribution < 1.29 is 10.2 Å². The van der Waals surface area contributed by atoms with E-state index in [0.717, 1.165) is 11.1 Å². The van der Waals surface area contributed by atoms with Crippen molar-refractivity contribution in [3.8, 4) is 0 Å². The minimum Gasteiger partial charge on any atom is -0.393 e. The summed E-state index contributed by atoms with van der Waals surface area (Å²) in [4.78, 5) is 0. The predicted octanol–water partition coefficient (Wildman–Crippen LogP) is -0.185. The third-order valence-corrected chi connectivity index (χ3v) is 1.83. The largest absolute Gasteiger partial charge is 0.393 e. The van der Waals surface area contributed by atoms with E-state index in [4.69, 9.17) is 13.0 Å². The van der Waals surface area contributed by atoms with E-state index < -0.39 is 6.10 Å². The third kappa shape index (κ3) is 1.87. The number of benzene rings is 1. The summed E-state index contributed by atoms with van der Waals surface area (Å²) in [6.07, 6.45) is -0.800. The van der Waals surface area contributed by atoms with Crippen molar-refractivity contribution in [2.24, 2.45) is 0 Å². The summed E-state index contributed by atoms with van der Waals surface area (Å²) in [6, 6.07) is 5.21. The van der Waals surface area contributed by atoms with Crippen LogP contribution in [0.2, 0.25) is 0 Å². The van der Waals surface area contributed by atoms with Gasteiger partial charge < -0.3 is 10.2 Å². The van der Waals surface area contributed by atoms with Crippen molar-refractivity contribution in [3.05, 3.63) is 29.3 Å². The van der Waals surface area contributed by atoms with Gasteiger partial charge in [0.05, 0.1) is 6.61 Å². The average molecular weight is 162 g/mol. The predicted molar refractivity (Wildman–Crippen MR) is 48.6 cm³/mol. The van der Waals surface area contributed by atoms with Crippen molar-refractivity contribution >= 4 is 13.3 Å². The van der Waals surface area contributed by atoms with Crippen LogP contribution in [0.1, 0.15) is 17.2 Å². The molecule has 0 fully saturated rings. The van der Waals surface area contributed by atoms with E-state index in [9.17, 15) is 5.11 Å². The molecule has 0 aliphatic carbocycles. The van der Waals surface area contributed by atoms with Gasteiger partial charge in [-0.25, -0.2) is 0 Å². The Bertz CT molecular complexity index is 273. The third-order valence-electron chi connectivity index (χ3n) is 1.83. The fraction of sp³-hybridized carbons (Fsp3) is 0.333. The van der Waals surface area contributed by atoms with Gasteiger partial charge in [0.25, 0.3) is 0 Å². The highest BCUT2D eigenvalue weighted by atomic mass is 16.3. The van der Waals surface area contributed by atoms with Crippen molar-refractivity contribution in [1.82, 2.24) is 0 Å². The Balaban J connectivity index is 3.01. The lowest BCUT2D eigenvalue weighted by atomic mass is 9.91. The van der Waals surface area contributed by atoms with Gasteiger partial charge >= 0.3 is 0 Å². The molecular weight excluding hydrogens is 151 g/mol. The average Bonchev–Trinajstić information content (AvgIpc) is 2.03. The number of hydrogen-bond donors (Lipinski definition) is 2. The second-order valence-corrected chi connectivity index (χ2v) is 2.81. The van der Waals surface area contributed by atoms with E-state index in [2.05, 4.69) is 0 Å². The van der Waals surface area contributed by atoms with Crippen LogP contribution in [0.5, 0.6) is 0 Å². The van der Waals surface area contributed by atoms with Gasteiger partial charge in [-0.2, -0.15) is 0 Å². The molecule has 0 aliphatic heterocycles. The number of hydrogen-bond acceptors (Lipinski definition) is 2. The Morgan fingerprint density at radius 2 is 2.17 bits per heavy atom. The van der Waals surface area contributed by atoms with E-state index in [-0.39, 0.29) is 6.61 Å². The van der Waals surface area contributed by atoms with Crippen LogP contribution in [0.4, 0.5) is 0 Å². The first-order chi connectivity index (χ1) is 5.65. The van der Waals surface area contributed by atoms with Gasteiger partial charge in [-0.15, -0.1) is 0 Å². The van der Waals surface area contributed by atoms with Crippen LogP contribution < -0.4 is 5.46 Å². The molecule has 1 aromatic rings. The molecule has 1 aromatic carbocycles. The first-order valence-corrected chi connectivity index (χ1v) is 3.80. The molecule has 2 N–H and O–H groups in total. The van der Waals surface area contributed by atoms with E-state index in [1.807, 2.05) is 6.92 Å². The smallest absolute Gasteiger partial charge is 0.113 e. The SMILES string of the molecule is [B]c1ccc([C@@H](O)CO)c(C)c1. The maximum atomic E-state index is 9.31. The van der Waals surface area contributed by atoms with Crippen molar-refractivity contribution in [1.29, 1.82) is 0 Å². The molecule has 2 nitrogen and oxygen atoms in total. The second-order valence-electron chi connectivity index (χ2n) is 2.81. The molecule has 0 aliphatic rings. The monoisotopic (exact) mass is 162 g/mol. The lowest BCUT2D eigenvalue weighted by Gasteiger charge is -2.11. The number of aryl methyl sites for hydroxylation is 1. The minimum atomic E-state index is -0.800. The maximum absolute atomic E-state index is 9.31. The van der Waals surface area contributed by atoms with Crippen molar-refractivity contribution in [2.45, 2.75) is 13.0 Å². The number of aliphatic hydroxyl groups is 2. The van der Waals surface area contributed by atoms with Gasteiger partial charge in [0.1, 0.15) is 14.0 Å². The summed E-state index contributed by atoms with van der Waals surface area (Å²) >= 11 is 0. The molecule has 62 valence electrons. The first-order valence-electron chi connectivity index (χ1n) is 3.80. The van der Waals surface area contributed by atoms with Crippen LogP contribution in [0.3, 0.4) is 0 Å². The highest BCUT2D eigenvalue weighted by Crippen LogP contribution is 2.14. The highest BCUT2D eigenvalue weighted by Gasteiger charge is 2.07. The van der Waals surface area contributed by atoms with Crippen LogP contribution in [0, 0.1) is 6.92 Å². The zero-order valence-electron chi connectivity index (χ0n) is 6.99. The van der Waals surface area contributed by atoms with Gasteiger partial charge in [-0.3, -0.25) is 0 Å². The lowest BCUT2D eigenvalue weighted by Crippen LogP contribution is -2.09. The standard InChI is InChI=1S/C9H11BO2/c1-6-4-7(10)2-3-8(6)9(12)5-11/h2-4,9,11-12H,5H2,1H3/t9-/m0/s1. The summed E-state index contributed by atoms with van der Waals surface area (Å²) in [5, 5.41) is 18.0. The number of aliphatic hydroxyl groups excluding tert-OH is 2. The topological polar surface area (TPSA) is 40.5 Å². The van der Waals surface area contributed by atoms with Crippen molar-refractivity contribution in [2.75, 3.05) is 6.61 Å². The molecule has 1 atom stereocenters. The van der Waals surface area contributed by atoms with E-state index in [1.165, 1.54) is 0 Å². The van der Waals surface area contributed by atoms with Gasteiger partial charge in [-0.05, 0) is 18.1 Å². The Hall–Kier alpha value is -0.795. The normalized spacial score (nSPS) is 12.9. The maximum Gasteiger partial charge on any atom is 0.113 e. The molecule has 0 amide bonds. The van der Waals surface area contributed by atoms with E-state index in [0.29, 0.717) is 5.46 Å². The lowest BCUT2D eigenvalue weighted by molar-refractivity contribution is 0.0951. The van der Waals surface area contributed by atoms with Crippen LogP contribution in [-0.4, -0.2) is 24.7 Å². The fourth-order valence-electron chi connectivity index (χ4n) is 1.17. The van der Waals surface area contributed by atoms with Gasteiger partial charge in [-0.1, -0.05) is 23.7 Å². The summed E-state index contributed by atoms with van der Waals surface area (Å²) < 4.78 is 0. The molecule has 0 unspecified atom stereocenters. The molecule has 1 rings (SSSR count). The fourth-order valence-corrected chi connectivity index (χ4v) is 1.17. The molecule has 0 aromatic heterocycles. The number of rotatable bonds is 2. The molecule has 3 heteroatoms. The second kappa shape index (κ2) is 3.74. The van der Waals surface area contributed by atoms with Crippen LogP contribution in [-0.2, 0) is 0 Å². The minimum absolute atomic E-state index is 0.259. The van der Waals surface area contributed by atoms with E-state index >= 15 is 0 Å². The summed E-state index contributed by atoms with van der Waals surface area (Å²) in [7, 11) is 5.52. The van der Waals surface area contributed by atoms with Gasteiger partial charge in [0.2, 0.25) is 0 Å². The quantitative estimate of drug-likeness (QED) is 0.592. The summed E-state index contributed by atoms with van der Waals surface area (Å²) in [5.74, 6) is 0. The Kier molecular flexibility index (Phi) is 2.90. The molecular formula is C9H11BO2. The van der Waals surface area contributed by atoms with E-state index in [1.54, 1.807) is 18.2 Å². The molecule has 2 radical (unpaired) electrons. The van der Waals surface area contributed by atoms with Gasteiger partial charge in [0.15, 0.2) is 0 Å². The van der Waals surface area contributed by atoms with Crippen LogP contribution >= 0.6 is 0 Å². The zero-order valence-corrected chi connectivity index (χ0v) is 6.99. The van der Waals surface area contributed by atoms with Crippen LogP contribution in [0.15, 0.2) is 18.2 Å². The summed E-state index contributed by atoms with van der Waals surface area (Å²) in [5.41, 5.74) is 2.30. The molecule has 0 saturated heterocycles. The molecule has 0 spiro atoms.